The van der Waals surface area contributed by atoms with E-state index in [1.165, 1.54) is 31.6 Å². The summed E-state index contributed by atoms with van der Waals surface area (Å²) in [5.74, 6) is 0.000284. The Morgan fingerprint density at radius 3 is 2.44 bits per heavy atom. The molecule has 1 amide bonds. The zero-order chi connectivity index (χ0) is 25.9. The second kappa shape index (κ2) is 10.3. The van der Waals surface area contributed by atoms with Crippen LogP contribution in [0.25, 0.3) is 0 Å². The number of amides is 1. The van der Waals surface area contributed by atoms with Crippen molar-refractivity contribution in [1.29, 1.82) is 0 Å². The Balaban J connectivity index is 1.34. The molecule has 1 fully saturated rings. The fraction of sp³-hybridized carbons (Fsp3) is 0.280. The Morgan fingerprint density at radius 1 is 1.08 bits per heavy atom. The SMILES string of the molecule is COc1ccc(C(=O)CC2(C(=O)NCc3ccc(Nc4ccc(Br)cc4C(F)(F)F)cn3)CC2)cn1. The van der Waals surface area contributed by atoms with Gasteiger partial charge in [-0.25, -0.2) is 4.98 Å². The van der Waals surface area contributed by atoms with Gasteiger partial charge in [0.1, 0.15) is 0 Å². The van der Waals surface area contributed by atoms with Crippen molar-refractivity contribution >= 4 is 39.0 Å². The molecule has 2 heterocycles. The van der Waals surface area contributed by atoms with E-state index in [9.17, 15) is 22.8 Å². The second-order valence-corrected chi connectivity index (χ2v) is 9.42. The molecule has 3 aromatic rings. The molecule has 0 atom stereocenters. The molecule has 36 heavy (non-hydrogen) atoms. The van der Waals surface area contributed by atoms with Gasteiger partial charge in [0.2, 0.25) is 11.8 Å². The van der Waals surface area contributed by atoms with Crippen LogP contribution in [0.3, 0.4) is 0 Å². The average Bonchev–Trinajstić information content (AvgIpc) is 3.64. The van der Waals surface area contributed by atoms with E-state index < -0.39 is 17.2 Å². The van der Waals surface area contributed by atoms with Crippen LogP contribution in [0, 0.1) is 5.41 Å². The van der Waals surface area contributed by atoms with Gasteiger partial charge in [-0.05, 0) is 49.2 Å². The summed E-state index contributed by atoms with van der Waals surface area (Å²) in [7, 11) is 1.48. The number of Topliss-reactive ketones (excluding diaryl/α,β-unsaturated/α-hetero) is 1. The third-order valence-corrected chi connectivity index (χ3v) is 6.42. The Kier molecular flexibility index (Phi) is 7.30. The van der Waals surface area contributed by atoms with Crippen molar-refractivity contribution < 1.29 is 27.5 Å². The lowest BCUT2D eigenvalue weighted by Crippen LogP contribution is -2.33. The third-order valence-electron chi connectivity index (χ3n) is 5.92. The fourth-order valence-electron chi connectivity index (χ4n) is 3.69. The molecular formula is C25H22BrF3N4O3. The van der Waals surface area contributed by atoms with E-state index in [-0.39, 0.29) is 30.3 Å². The molecule has 2 N–H and O–H groups in total. The molecule has 1 aromatic carbocycles. The lowest BCUT2D eigenvalue weighted by molar-refractivity contribution is -0.137. The molecule has 1 saturated carbocycles. The molecule has 1 aliphatic carbocycles. The normalized spacial score (nSPS) is 14.1. The summed E-state index contributed by atoms with van der Waals surface area (Å²) in [4.78, 5) is 33.7. The number of alkyl halides is 3. The molecule has 0 bridgehead atoms. The summed E-state index contributed by atoms with van der Waals surface area (Å²) in [6.07, 6.45) is -0.388. The van der Waals surface area contributed by atoms with Gasteiger partial charge in [0.15, 0.2) is 5.78 Å². The quantitative estimate of drug-likeness (QED) is 0.326. The van der Waals surface area contributed by atoms with Crippen LogP contribution < -0.4 is 15.4 Å². The maximum absolute atomic E-state index is 13.3. The molecular weight excluding hydrogens is 541 g/mol. The number of pyridine rings is 2. The first kappa shape index (κ1) is 25.6. The van der Waals surface area contributed by atoms with E-state index in [1.807, 2.05) is 0 Å². The van der Waals surface area contributed by atoms with Gasteiger partial charge in [0.05, 0.1) is 47.9 Å². The van der Waals surface area contributed by atoms with Crippen molar-refractivity contribution in [2.24, 2.45) is 5.41 Å². The van der Waals surface area contributed by atoms with E-state index in [4.69, 9.17) is 4.74 Å². The number of hydrogen-bond acceptors (Lipinski definition) is 6. The van der Waals surface area contributed by atoms with Crippen LogP contribution in [0.2, 0.25) is 0 Å². The molecule has 0 unspecified atom stereocenters. The van der Waals surface area contributed by atoms with Gasteiger partial charge in [-0.1, -0.05) is 15.9 Å². The highest BCUT2D eigenvalue weighted by molar-refractivity contribution is 9.10. The zero-order valence-electron chi connectivity index (χ0n) is 19.2. The summed E-state index contributed by atoms with van der Waals surface area (Å²) in [5.41, 5.74) is -0.325. The van der Waals surface area contributed by atoms with Gasteiger partial charge in [-0.15, -0.1) is 0 Å². The molecule has 0 spiro atoms. The molecule has 7 nitrogen and oxygen atoms in total. The maximum Gasteiger partial charge on any atom is 0.418 e. The predicted molar refractivity (Wildman–Crippen MR) is 130 cm³/mol. The minimum Gasteiger partial charge on any atom is -0.481 e. The number of hydrogen-bond donors (Lipinski definition) is 2. The van der Waals surface area contributed by atoms with E-state index in [1.54, 1.807) is 24.3 Å². The van der Waals surface area contributed by atoms with Gasteiger partial charge in [0.25, 0.3) is 0 Å². The molecule has 188 valence electrons. The molecule has 0 saturated heterocycles. The minimum absolute atomic E-state index is 0.0812. The van der Waals surface area contributed by atoms with E-state index in [0.29, 0.717) is 40.1 Å². The Bertz CT molecular complexity index is 1260. The summed E-state index contributed by atoms with van der Waals surface area (Å²) < 4.78 is 45.3. The summed E-state index contributed by atoms with van der Waals surface area (Å²) in [6, 6.07) is 10.3. The topological polar surface area (TPSA) is 93.2 Å². The fourth-order valence-corrected chi connectivity index (χ4v) is 4.05. The second-order valence-electron chi connectivity index (χ2n) is 8.50. The Labute approximate surface area is 213 Å². The number of nitrogens with one attached hydrogen (secondary N) is 2. The molecule has 1 aliphatic rings. The van der Waals surface area contributed by atoms with Crippen molar-refractivity contribution in [3.63, 3.8) is 0 Å². The first-order valence-electron chi connectivity index (χ1n) is 11.0. The van der Waals surface area contributed by atoms with Crippen LogP contribution in [-0.2, 0) is 17.5 Å². The lowest BCUT2D eigenvalue weighted by atomic mass is 9.95. The number of aromatic nitrogens is 2. The monoisotopic (exact) mass is 562 g/mol. The summed E-state index contributed by atoms with van der Waals surface area (Å²) in [5, 5.41) is 5.55. The van der Waals surface area contributed by atoms with Gasteiger partial charge < -0.3 is 15.4 Å². The summed E-state index contributed by atoms with van der Waals surface area (Å²) >= 11 is 3.06. The van der Waals surface area contributed by atoms with Crippen LogP contribution >= 0.6 is 15.9 Å². The van der Waals surface area contributed by atoms with Crippen molar-refractivity contribution in [2.75, 3.05) is 12.4 Å². The number of rotatable bonds is 9. The first-order chi connectivity index (χ1) is 17.1. The molecule has 11 heteroatoms. The highest BCUT2D eigenvalue weighted by Crippen LogP contribution is 2.49. The highest BCUT2D eigenvalue weighted by Gasteiger charge is 2.51. The Morgan fingerprint density at radius 2 is 1.86 bits per heavy atom. The van der Waals surface area contributed by atoms with Gasteiger partial charge in [-0.3, -0.25) is 14.6 Å². The van der Waals surface area contributed by atoms with Crippen LogP contribution in [-0.4, -0.2) is 28.8 Å². The molecule has 2 aromatic heterocycles. The number of ether oxygens (including phenoxy) is 1. The van der Waals surface area contributed by atoms with Gasteiger partial charge in [-0.2, -0.15) is 13.2 Å². The van der Waals surface area contributed by atoms with Crippen LogP contribution in [0.4, 0.5) is 24.5 Å². The number of benzene rings is 1. The standard InChI is InChI=1S/C25H22BrF3N4O3/c1-36-22-7-2-15(12-31-22)21(34)11-24(8-9-24)23(35)32-13-17-4-5-18(14-30-17)33-20-6-3-16(26)10-19(20)25(27,28)29/h2-7,10,12,14,33H,8-9,11,13H2,1H3,(H,32,35). The highest BCUT2D eigenvalue weighted by atomic mass is 79.9. The van der Waals surface area contributed by atoms with E-state index in [0.717, 1.165) is 6.07 Å². The molecule has 0 aliphatic heterocycles. The van der Waals surface area contributed by atoms with Crippen LogP contribution in [0.5, 0.6) is 5.88 Å². The molecule has 4 rings (SSSR count). The predicted octanol–water partition coefficient (Wildman–Crippen LogP) is 5.68. The number of methoxy groups -OCH3 is 1. The van der Waals surface area contributed by atoms with E-state index in [2.05, 4.69) is 36.5 Å². The first-order valence-corrected chi connectivity index (χ1v) is 11.8. The lowest BCUT2D eigenvalue weighted by Gasteiger charge is -2.16. The number of ketones is 1. The Hall–Kier alpha value is -3.47. The number of carbonyl (C=O) groups excluding carboxylic acids is 2. The average molecular weight is 563 g/mol. The summed E-state index contributed by atoms with van der Waals surface area (Å²) in [6.45, 7) is 0.130. The minimum atomic E-state index is -4.52. The van der Waals surface area contributed by atoms with Crippen LogP contribution in [0.15, 0.2) is 59.3 Å². The number of halogens is 4. The maximum atomic E-state index is 13.3. The van der Waals surface area contributed by atoms with Crippen molar-refractivity contribution in [3.8, 4) is 5.88 Å². The number of nitrogens with zero attached hydrogens (tertiary/aromatic N) is 2. The largest absolute Gasteiger partial charge is 0.481 e. The number of carbonyl (C=O) groups is 2. The van der Waals surface area contributed by atoms with Crippen molar-refractivity contribution in [2.45, 2.75) is 32.0 Å². The van der Waals surface area contributed by atoms with E-state index >= 15 is 0 Å². The smallest absolute Gasteiger partial charge is 0.418 e. The van der Waals surface area contributed by atoms with Gasteiger partial charge in [0, 0.05) is 28.7 Å². The number of anilines is 2. The van der Waals surface area contributed by atoms with Gasteiger partial charge >= 0.3 is 6.18 Å². The zero-order valence-corrected chi connectivity index (χ0v) is 20.7. The molecule has 0 radical (unpaired) electrons. The van der Waals surface area contributed by atoms with Crippen molar-refractivity contribution in [1.82, 2.24) is 15.3 Å². The van der Waals surface area contributed by atoms with Crippen molar-refractivity contribution in [3.05, 3.63) is 76.2 Å². The third kappa shape index (κ3) is 6.01. The van der Waals surface area contributed by atoms with Crippen LogP contribution in [0.1, 0.15) is 40.9 Å².